The van der Waals surface area contributed by atoms with Crippen LogP contribution in [0.5, 0.6) is 0 Å². The lowest BCUT2D eigenvalue weighted by Gasteiger charge is -2.37. The average Bonchev–Trinajstić information content (AvgIpc) is 2.75. The van der Waals surface area contributed by atoms with Crippen LogP contribution in [0.25, 0.3) is 0 Å². The lowest BCUT2D eigenvalue weighted by Crippen LogP contribution is -2.46. The van der Waals surface area contributed by atoms with Crippen LogP contribution in [0.3, 0.4) is 0 Å². The molecule has 1 heterocycles. The normalized spacial score (nSPS) is 35.3. The number of likely N-dealkylation sites (tertiary alicyclic amines) is 1. The number of nitriles is 1. The van der Waals surface area contributed by atoms with Gasteiger partial charge < -0.3 is 4.90 Å². The maximum absolute atomic E-state index is 12.3. The zero-order chi connectivity index (χ0) is 11.2. The molecule has 16 heavy (non-hydrogen) atoms. The molecule has 3 heteroatoms. The van der Waals surface area contributed by atoms with E-state index in [-0.39, 0.29) is 5.91 Å². The predicted molar refractivity (Wildman–Crippen MR) is 59.3 cm³/mol. The number of carbonyl (C=O) groups is 1. The van der Waals surface area contributed by atoms with E-state index in [1.54, 1.807) is 0 Å². The Bertz CT molecular complexity index is 341. The molecule has 2 saturated carbocycles. The minimum atomic E-state index is -0.626. The minimum Gasteiger partial charge on any atom is -0.341 e. The maximum Gasteiger partial charge on any atom is 0.243 e. The van der Waals surface area contributed by atoms with E-state index in [1.165, 1.54) is 19.3 Å². The summed E-state index contributed by atoms with van der Waals surface area (Å²) in [6, 6.07) is 2.27. The van der Waals surface area contributed by atoms with E-state index in [4.69, 9.17) is 0 Å². The quantitative estimate of drug-likeness (QED) is 0.675. The molecule has 0 aromatic heterocycles. The first-order chi connectivity index (χ1) is 7.75. The van der Waals surface area contributed by atoms with Gasteiger partial charge in [-0.15, -0.1) is 0 Å². The van der Waals surface area contributed by atoms with Gasteiger partial charge in [-0.1, -0.05) is 6.42 Å². The van der Waals surface area contributed by atoms with Gasteiger partial charge in [0.2, 0.25) is 5.91 Å². The summed E-state index contributed by atoms with van der Waals surface area (Å²) in [6.45, 7) is 1.85. The first-order valence-electron chi connectivity index (χ1n) is 6.46. The lowest BCUT2D eigenvalue weighted by atomic mass is 9.69. The van der Waals surface area contributed by atoms with Crippen molar-refractivity contribution in [2.75, 3.05) is 13.1 Å². The zero-order valence-electron chi connectivity index (χ0n) is 9.61. The van der Waals surface area contributed by atoms with Crippen molar-refractivity contribution in [3.8, 4) is 6.07 Å². The van der Waals surface area contributed by atoms with Crippen molar-refractivity contribution < 1.29 is 4.79 Å². The van der Waals surface area contributed by atoms with Gasteiger partial charge in [0, 0.05) is 13.1 Å². The molecule has 1 aliphatic heterocycles. The monoisotopic (exact) mass is 218 g/mol. The molecule has 3 rings (SSSR count). The summed E-state index contributed by atoms with van der Waals surface area (Å²) >= 11 is 0. The van der Waals surface area contributed by atoms with Crippen molar-refractivity contribution in [3.05, 3.63) is 0 Å². The number of amides is 1. The van der Waals surface area contributed by atoms with Crippen LogP contribution in [0.2, 0.25) is 0 Å². The van der Waals surface area contributed by atoms with Gasteiger partial charge in [0.05, 0.1) is 6.07 Å². The van der Waals surface area contributed by atoms with Gasteiger partial charge in [-0.05, 0) is 43.9 Å². The number of hydrogen-bond acceptors (Lipinski definition) is 2. The van der Waals surface area contributed by atoms with E-state index in [9.17, 15) is 10.1 Å². The molecule has 0 aromatic carbocycles. The third kappa shape index (κ3) is 1.29. The van der Waals surface area contributed by atoms with Crippen LogP contribution in [-0.2, 0) is 4.79 Å². The minimum absolute atomic E-state index is 0.135. The van der Waals surface area contributed by atoms with Crippen molar-refractivity contribution in [1.29, 1.82) is 5.26 Å². The lowest BCUT2D eigenvalue weighted by molar-refractivity contribution is -0.142. The maximum atomic E-state index is 12.3. The molecular weight excluding hydrogens is 200 g/mol. The fraction of sp³-hybridized carbons (Fsp3) is 0.846. The smallest absolute Gasteiger partial charge is 0.243 e. The Labute approximate surface area is 96.4 Å². The summed E-state index contributed by atoms with van der Waals surface area (Å²) in [6.07, 6.45) is 6.52. The largest absolute Gasteiger partial charge is 0.341 e. The number of fused-ring (bicyclic) bond motifs is 1. The standard InChI is InChI=1S/C13H18N2O/c14-9-13(5-2-6-13)12(16)15-7-10-3-1-4-11(10)8-15/h10-11H,1-8H2. The third-order valence-electron chi connectivity index (χ3n) is 4.84. The first kappa shape index (κ1) is 10.1. The molecule has 86 valence electrons. The van der Waals surface area contributed by atoms with Crippen molar-refractivity contribution in [1.82, 2.24) is 4.90 Å². The molecule has 3 fully saturated rings. The Hall–Kier alpha value is -1.04. The summed E-state index contributed by atoms with van der Waals surface area (Å²) in [7, 11) is 0. The fourth-order valence-corrected chi connectivity index (χ4v) is 3.61. The van der Waals surface area contributed by atoms with Gasteiger partial charge in [0.1, 0.15) is 5.41 Å². The van der Waals surface area contributed by atoms with Gasteiger partial charge in [-0.2, -0.15) is 5.26 Å². The molecule has 0 N–H and O–H groups in total. The summed E-state index contributed by atoms with van der Waals surface area (Å²) in [5.41, 5.74) is -0.626. The van der Waals surface area contributed by atoms with Crippen LogP contribution >= 0.6 is 0 Å². The van der Waals surface area contributed by atoms with E-state index in [2.05, 4.69) is 6.07 Å². The van der Waals surface area contributed by atoms with E-state index in [0.29, 0.717) is 0 Å². The number of rotatable bonds is 1. The van der Waals surface area contributed by atoms with Crippen LogP contribution in [0.1, 0.15) is 38.5 Å². The summed E-state index contributed by atoms with van der Waals surface area (Å²) in [5.74, 6) is 1.61. The Morgan fingerprint density at radius 3 is 2.25 bits per heavy atom. The summed E-state index contributed by atoms with van der Waals surface area (Å²) in [5, 5.41) is 9.17. The van der Waals surface area contributed by atoms with E-state index in [0.717, 1.165) is 44.2 Å². The van der Waals surface area contributed by atoms with Gasteiger partial charge in [-0.25, -0.2) is 0 Å². The van der Waals surface area contributed by atoms with Gasteiger partial charge in [0.25, 0.3) is 0 Å². The summed E-state index contributed by atoms with van der Waals surface area (Å²) in [4.78, 5) is 14.3. The van der Waals surface area contributed by atoms with Gasteiger partial charge in [0.15, 0.2) is 0 Å². The molecule has 0 radical (unpaired) electrons. The fourth-order valence-electron chi connectivity index (χ4n) is 3.61. The zero-order valence-corrected chi connectivity index (χ0v) is 9.61. The Morgan fingerprint density at radius 1 is 1.19 bits per heavy atom. The average molecular weight is 218 g/mol. The molecular formula is C13H18N2O. The molecule has 2 aliphatic carbocycles. The third-order valence-corrected chi connectivity index (χ3v) is 4.84. The van der Waals surface area contributed by atoms with E-state index < -0.39 is 5.41 Å². The highest BCUT2D eigenvalue weighted by atomic mass is 16.2. The molecule has 1 amide bonds. The second-order valence-corrected chi connectivity index (χ2v) is 5.71. The van der Waals surface area contributed by atoms with Crippen LogP contribution in [0, 0.1) is 28.6 Å². The Kier molecular flexibility index (Phi) is 2.20. The van der Waals surface area contributed by atoms with Gasteiger partial charge >= 0.3 is 0 Å². The highest BCUT2D eigenvalue weighted by Crippen LogP contribution is 2.45. The number of hydrogen-bond donors (Lipinski definition) is 0. The molecule has 0 spiro atoms. The van der Waals surface area contributed by atoms with Crippen molar-refractivity contribution in [2.24, 2.45) is 17.3 Å². The molecule has 3 nitrogen and oxygen atoms in total. The van der Waals surface area contributed by atoms with E-state index >= 15 is 0 Å². The van der Waals surface area contributed by atoms with Gasteiger partial charge in [-0.3, -0.25) is 4.79 Å². The SMILES string of the molecule is N#CC1(C(=O)N2CC3CCCC3C2)CCC1. The first-order valence-corrected chi connectivity index (χ1v) is 6.46. The van der Waals surface area contributed by atoms with Crippen molar-refractivity contribution in [2.45, 2.75) is 38.5 Å². The Balaban J connectivity index is 1.71. The highest BCUT2D eigenvalue weighted by Gasteiger charge is 2.49. The van der Waals surface area contributed by atoms with E-state index in [1.807, 2.05) is 4.90 Å². The van der Waals surface area contributed by atoms with Crippen molar-refractivity contribution >= 4 is 5.91 Å². The van der Waals surface area contributed by atoms with Crippen LogP contribution in [0.4, 0.5) is 0 Å². The second kappa shape index (κ2) is 3.48. The summed E-state index contributed by atoms with van der Waals surface area (Å²) < 4.78 is 0. The molecule has 2 unspecified atom stereocenters. The molecule has 1 saturated heterocycles. The van der Waals surface area contributed by atoms with Crippen LogP contribution in [-0.4, -0.2) is 23.9 Å². The molecule has 0 aromatic rings. The second-order valence-electron chi connectivity index (χ2n) is 5.71. The Morgan fingerprint density at radius 2 is 1.81 bits per heavy atom. The molecule has 3 aliphatic rings. The molecule has 2 atom stereocenters. The van der Waals surface area contributed by atoms with Crippen LogP contribution < -0.4 is 0 Å². The highest BCUT2D eigenvalue weighted by molar-refractivity contribution is 5.86. The predicted octanol–water partition coefficient (Wildman–Crippen LogP) is 1.94. The van der Waals surface area contributed by atoms with Crippen LogP contribution in [0.15, 0.2) is 0 Å². The topological polar surface area (TPSA) is 44.1 Å². The number of nitrogens with zero attached hydrogens (tertiary/aromatic N) is 2. The number of carbonyl (C=O) groups excluding carboxylic acids is 1. The molecule has 0 bridgehead atoms. The van der Waals surface area contributed by atoms with Crippen molar-refractivity contribution in [3.63, 3.8) is 0 Å².